The highest BCUT2D eigenvalue weighted by Gasteiger charge is 2.49. The van der Waals surface area contributed by atoms with Crippen LogP contribution in [0, 0.1) is 29.0 Å². The first kappa shape index (κ1) is 29.2. The number of nitrogens with zero attached hydrogens (tertiary/aromatic N) is 3. The van der Waals surface area contributed by atoms with E-state index in [1.807, 2.05) is 29.2 Å². The summed E-state index contributed by atoms with van der Waals surface area (Å²) in [6, 6.07) is 15.2. The number of alkyl halides is 2. The van der Waals surface area contributed by atoms with Crippen LogP contribution >= 0.6 is 0 Å². The molecular weight excluding hydrogens is 581 g/mol. The van der Waals surface area contributed by atoms with Crippen LogP contribution < -0.4 is 10.2 Å². The molecule has 6 rings (SSSR count). The zero-order valence-corrected chi connectivity index (χ0v) is 24.1. The van der Waals surface area contributed by atoms with Gasteiger partial charge < -0.3 is 14.6 Å². The number of hydrogen-bond acceptors (Lipinski definition) is 7. The summed E-state index contributed by atoms with van der Waals surface area (Å²) in [5, 5.41) is 12.3. The Kier molecular flexibility index (Phi) is 7.71. The van der Waals surface area contributed by atoms with Crippen LogP contribution in [0.25, 0.3) is 22.7 Å². The van der Waals surface area contributed by atoms with E-state index in [2.05, 4.69) is 11.4 Å². The summed E-state index contributed by atoms with van der Waals surface area (Å²) in [5.41, 5.74) is 1.54. The average Bonchev–Trinajstić information content (AvgIpc) is 3.64. The lowest BCUT2D eigenvalue weighted by Crippen LogP contribution is -2.44. The fourth-order valence-corrected chi connectivity index (χ4v) is 7.26. The van der Waals surface area contributed by atoms with E-state index in [0.29, 0.717) is 48.5 Å². The van der Waals surface area contributed by atoms with Crippen molar-refractivity contribution in [3.05, 3.63) is 60.1 Å². The molecule has 1 saturated heterocycles. The predicted octanol–water partition coefficient (Wildman–Crippen LogP) is 5.32. The van der Waals surface area contributed by atoms with E-state index in [1.165, 1.54) is 24.3 Å². The molecule has 0 radical (unpaired) electrons. The molecule has 2 saturated carbocycles. The third kappa shape index (κ3) is 6.13. The first-order valence-electron chi connectivity index (χ1n) is 14.4. The van der Waals surface area contributed by atoms with E-state index >= 15 is 0 Å². The number of carbonyl (C=O) groups excluding carboxylic acids is 1. The molecule has 1 unspecified atom stereocenters. The van der Waals surface area contributed by atoms with Crippen molar-refractivity contribution in [1.82, 2.24) is 10.3 Å². The molecular formula is C31H31F3N4O4S. The monoisotopic (exact) mass is 612 g/mol. The molecule has 3 aromatic rings. The van der Waals surface area contributed by atoms with Crippen molar-refractivity contribution < 1.29 is 30.8 Å². The number of anilines is 1. The lowest BCUT2D eigenvalue weighted by molar-refractivity contribution is -0.128. The molecule has 1 aromatic heterocycles. The molecule has 43 heavy (non-hydrogen) atoms. The number of halogens is 3. The molecule has 1 aliphatic heterocycles. The molecule has 0 spiro atoms. The summed E-state index contributed by atoms with van der Waals surface area (Å²) in [5.74, 6) is -2.51. The molecule has 0 bridgehead atoms. The summed E-state index contributed by atoms with van der Waals surface area (Å²) in [6.45, 7) is 0.778. The van der Waals surface area contributed by atoms with E-state index < -0.39 is 51.3 Å². The Labute approximate surface area is 247 Å². The number of amides is 1. The predicted molar refractivity (Wildman–Crippen MR) is 153 cm³/mol. The summed E-state index contributed by atoms with van der Waals surface area (Å²) in [4.78, 5) is 20.3. The van der Waals surface area contributed by atoms with Crippen LogP contribution in [0.3, 0.4) is 0 Å². The smallest absolute Gasteiger partial charge is 0.241 e. The van der Waals surface area contributed by atoms with Gasteiger partial charge in [0.25, 0.3) is 0 Å². The average molecular weight is 613 g/mol. The summed E-state index contributed by atoms with van der Waals surface area (Å²) >= 11 is 0. The Morgan fingerprint density at radius 3 is 2.30 bits per heavy atom. The van der Waals surface area contributed by atoms with Gasteiger partial charge in [-0.05, 0) is 68.5 Å². The van der Waals surface area contributed by atoms with Crippen LogP contribution in [-0.2, 0) is 14.6 Å². The van der Waals surface area contributed by atoms with Crippen molar-refractivity contribution in [2.75, 3.05) is 29.5 Å². The molecule has 2 aromatic carbocycles. The second kappa shape index (κ2) is 11.3. The van der Waals surface area contributed by atoms with E-state index in [1.54, 1.807) is 0 Å². The number of carbonyl (C=O) groups is 1. The van der Waals surface area contributed by atoms with Gasteiger partial charge in [-0.1, -0.05) is 12.1 Å². The lowest BCUT2D eigenvalue weighted by Gasteiger charge is -2.34. The zero-order chi connectivity index (χ0) is 30.4. The van der Waals surface area contributed by atoms with E-state index in [0.717, 1.165) is 5.69 Å². The van der Waals surface area contributed by atoms with Crippen LogP contribution in [0.2, 0.25) is 0 Å². The fraction of sp³-hybridized carbons (Fsp3) is 0.452. The van der Waals surface area contributed by atoms with Gasteiger partial charge in [0.05, 0.1) is 17.6 Å². The third-order valence-corrected chi connectivity index (χ3v) is 10.5. The molecule has 12 heteroatoms. The number of aromatic nitrogens is 1. The van der Waals surface area contributed by atoms with Gasteiger partial charge >= 0.3 is 0 Å². The Balaban J connectivity index is 1.37. The summed E-state index contributed by atoms with van der Waals surface area (Å²) < 4.78 is 71.4. The highest BCUT2D eigenvalue weighted by atomic mass is 32.2. The minimum Gasteiger partial charge on any atom is -0.440 e. The summed E-state index contributed by atoms with van der Waals surface area (Å²) in [7, 11) is -3.04. The maximum absolute atomic E-state index is 13.9. The normalized spacial score (nSPS) is 24.3. The van der Waals surface area contributed by atoms with Crippen LogP contribution in [0.15, 0.2) is 52.9 Å². The maximum Gasteiger partial charge on any atom is 0.241 e. The molecule has 1 amide bonds. The molecule has 1 N–H and O–H groups in total. The Hall–Kier alpha value is -3.85. The van der Waals surface area contributed by atoms with Crippen molar-refractivity contribution in [3.63, 3.8) is 0 Å². The third-order valence-electron chi connectivity index (χ3n) is 8.84. The number of rotatable bonds is 7. The minimum absolute atomic E-state index is 0.0570. The van der Waals surface area contributed by atoms with Gasteiger partial charge in [0.2, 0.25) is 18.2 Å². The van der Waals surface area contributed by atoms with Gasteiger partial charge in [0.15, 0.2) is 9.84 Å². The van der Waals surface area contributed by atoms with Gasteiger partial charge in [-0.25, -0.2) is 26.6 Å². The van der Waals surface area contributed by atoms with Gasteiger partial charge in [-0.2, -0.15) is 5.26 Å². The van der Waals surface area contributed by atoms with Gasteiger partial charge in [0.1, 0.15) is 22.8 Å². The van der Waals surface area contributed by atoms with Gasteiger partial charge in [-0.15, -0.1) is 0 Å². The van der Waals surface area contributed by atoms with Crippen molar-refractivity contribution in [2.24, 2.45) is 11.8 Å². The molecule has 2 aliphatic carbocycles. The highest BCUT2D eigenvalue weighted by Crippen LogP contribution is 2.47. The largest absolute Gasteiger partial charge is 0.440 e. The zero-order valence-electron chi connectivity index (χ0n) is 23.3. The topological polar surface area (TPSA) is 116 Å². The Morgan fingerprint density at radius 1 is 1.05 bits per heavy atom. The second-order valence-corrected chi connectivity index (χ2v) is 14.0. The number of oxazole rings is 1. The highest BCUT2D eigenvalue weighted by molar-refractivity contribution is 7.91. The van der Waals surface area contributed by atoms with Gasteiger partial charge in [-0.3, -0.25) is 4.79 Å². The number of nitriles is 1. The number of benzene rings is 2. The van der Waals surface area contributed by atoms with Crippen molar-refractivity contribution in [3.8, 4) is 28.8 Å². The van der Waals surface area contributed by atoms with Gasteiger partial charge in [0, 0.05) is 47.7 Å². The second-order valence-electron chi connectivity index (χ2n) is 11.7. The number of hydrogen-bond donors (Lipinski definition) is 1. The molecule has 8 nitrogen and oxygen atoms in total. The maximum atomic E-state index is 13.9. The van der Waals surface area contributed by atoms with Crippen LogP contribution in [-0.4, -0.2) is 55.9 Å². The van der Waals surface area contributed by atoms with Crippen LogP contribution in [0.5, 0.6) is 0 Å². The standard InChI is InChI=1S/C31H31F3N4O4S/c32-22-6-1-20(2-7-22)30-36-26(19-3-8-23(9-4-19)38-13-15-43(40,41)16-14-38)27(42-30)24-10-5-21(28(33)34)17-25(24)29(39)37-31(18-35)11-12-31/h1-4,6-9,21,24-25,28H,5,10-17H2,(H,37,39)/t21?,24-,25-/m1/s1. The molecule has 226 valence electrons. The van der Waals surface area contributed by atoms with Crippen LogP contribution in [0.1, 0.15) is 43.8 Å². The van der Waals surface area contributed by atoms with Crippen molar-refractivity contribution in [1.29, 1.82) is 5.26 Å². The lowest BCUT2D eigenvalue weighted by atomic mass is 9.72. The van der Waals surface area contributed by atoms with Crippen molar-refractivity contribution in [2.45, 2.75) is 50.0 Å². The SMILES string of the molecule is N#CC1(NC(=O)[C@@H]2CC(C(F)F)CC[C@H]2c2oc(-c3ccc(F)cc3)nc2-c2ccc(N3CCS(=O)(=O)CC3)cc2)CC1. The molecule has 3 atom stereocenters. The number of nitrogens with one attached hydrogen (secondary N) is 1. The molecule has 2 heterocycles. The Bertz CT molecular complexity index is 1630. The van der Waals surface area contributed by atoms with E-state index in [-0.39, 0.29) is 36.7 Å². The minimum atomic E-state index is -3.04. The Morgan fingerprint density at radius 2 is 1.70 bits per heavy atom. The summed E-state index contributed by atoms with van der Waals surface area (Å²) in [6.07, 6.45) is -1.15. The molecule has 3 aliphatic rings. The van der Waals surface area contributed by atoms with Crippen LogP contribution in [0.4, 0.5) is 18.9 Å². The first-order chi connectivity index (χ1) is 20.6. The quantitative estimate of drug-likeness (QED) is 0.384. The van der Waals surface area contributed by atoms with E-state index in [4.69, 9.17) is 9.40 Å². The first-order valence-corrected chi connectivity index (χ1v) is 16.2. The molecule has 3 fully saturated rings. The van der Waals surface area contributed by atoms with E-state index in [9.17, 15) is 31.6 Å². The van der Waals surface area contributed by atoms with Crippen molar-refractivity contribution >= 4 is 21.4 Å². The fourth-order valence-electron chi connectivity index (χ4n) is 6.06. The number of sulfone groups is 1.